The number of hydrogen-bond donors (Lipinski definition) is 0. The third-order valence-electron chi connectivity index (χ3n) is 1.75. The van der Waals surface area contributed by atoms with Crippen LogP contribution in [0.2, 0.25) is 5.02 Å². The zero-order valence-corrected chi connectivity index (χ0v) is 8.65. The van der Waals surface area contributed by atoms with E-state index in [1.165, 1.54) is 24.3 Å². The second kappa shape index (κ2) is 4.64. The Morgan fingerprint density at radius 3 is 2.20 bits per heavy atom. The van der Waals surface area contributed by atoms with Crippen LogP contribution >= 0.6 is 11.6 Å². The topological polar surface area (TPSA) is 70.5 Å². The maximum atomic E-state index is 11.6. The summed E-state index contributed by atoms with van der Waals surface area (Å²) in [5, 5.41) is 0.483. The van der Waals surface area contributed by atoms with Crippen LogP contribution in [0, 0.1) is 0 Å². The summed E-state index contributed by atoms with van der Waals surface area (Å²) in [6.45, 7) is 1.16. The van der Waals surface area contributed by atoms with Crippen molar-refractivity contribution < 1.29 is 14.4 Å². The maximum Gasteiger partial charge on any atom is 0.404 e. The number of ketones is 2. The van der Waals surface area contributed by atoms with Gasteiger partial charge in [-0.2, -0.15) is 4.79 Å². The van der Waals surface area contributed by atoms with Crippen molar-refractivity contribution in [2.45, 2.75) is 6.92 Å². The molecule has 0 unspecified atom stereocenters. The molecule has 0 aliphatic rings. The molecule has 0 atom stereocenters. The van der Waals surface area contributed by atoms with E-state index < -0.39 is 17.3 Å². The van der Waals surface area contributed by atoms with E-state index in [1.54, 1.807) is 0 Å². The Labute approximate surface area is 91.1 Å². The van der Waals surface area contributed by atoms with Gasteiger partial charge in [0.2, 0.25) is 5.78 Å². The summed E-state index contributed by atoms with van der Waals surface area (Å²) in [5.41, 5.74) is 8.27. The Kier molecular flexibility index (Phi) is 3.50. The summed E-state index contributed by atoms with van der Waals surface area (Å²) in [6, 6.07) is 5.95. The molecule has 0 fully saturated rings. The van der Waals surface area contributed by atoms with Crippen molar-refractivity contribution in [3.8, 4) is 0 Å². The average Bonchev–Trinajstić information content (AvgIpc) is 2.19. The Balaban J connectivity index is 3.10. The molecular formula is C10H7ClN2O2. The second-order valence-electron chi connectivity index (χ2n) is 2.84. The highest BCUT2D eigenvalue weighted by Crippen LogP contribution is 2.10. The minimum Gasteiger partial charge on any atom is -0.360 e. The van der Waals surface area contributed by atoms with Crippen LogP contribution in [0.25, 0.3) is 5.53 Å². The molecular weight excluding hydrogens is 216 g/mol. The van der Waals surface area contributed by atoms with Gasteiger partial charge in [-0.15, -0.1) is 0 Å². The first-order valence-corrected chi connectivity index (χ1v) is 4.47. The number of nitrogens with zero attached hydrogens (tertiary/aromatic N) is 2. The predicted octanol–water partition coefficient (Wildman–Crippen LogP) is 1.78. The largest absolute Gasteiger partial charge is 0.404 e. The second-order valence-corrected chi connectivity index (χ2v) is 3.28. The van der Waals surface area contributed by atoms with Crippen molar-refractivity contribution in [2.24, 2.45) is 0 Å². The SMILES string of the molecule is CC(=O)C(=[N+]=[N-])C(=O)c1ccc(Cl)cc1. The highest BCUT2D eigenvalue weighted by Gasteiger charge is 2.26. The number of rotatable bonds is 3. The summed E-state index contributed by atoms with van der Waals surface area (Å²) in [7, 11) is 0. The fourth-order valence-electron chi connectivity index (χ4n) is 1.01. The van der Waals surface area contributed by atoms with Gasteiger partial charge in [0.15, 0.2) is 0 Å². The van der Waals surface area contributed by atoms with Crippen molar-refractivity contribution in [2.75, 3.05) is 0 Å². The van der Waals surface area contributed by atoms with E-state index in [1.807, 2.05) is 0 Å². The number of carbonyl (C=O) groups is 2. The van der Waals surface area contributed by atoms with Gasteiger partial charge in [0.25, 0.3) is 5.78 Å². The van der Waals surface area contributed by atoms with E-state index in [-0.39, 0.29) is 5.56 Å². The molecule has 0 aromatic heterocycles. The summed E-state index contributed by atoms with van der Waals surface area (Å²) in [6.07, 6.45) is 0. The minimum atomic E-state index is -0.623. The molecule has 1 rings (SSSR count). The monoisotopic (exact) mass is 222 g/mol. The smallest absolute Gasteiger partial charge is 0.360 e. The van der Waals surface area contributed by atoms with Gasteiger partial charge in [-0.3, -0.25) is 9.59 Å². The lowest BCUT2D eigenvalue weighted by Crippen LogP contribution is -2.22. The van der Waals surface area contributed by atoms with Crippen LogP contribution in [0.3, 0.4) is 0 Å². The summed E-state index contributed by atoms with van der Waals surface area (Å²) >= 11 is 5.63. The molecule has 0 bridgehead atoms. The van der Waals surface area contributed by atoms with Gasteiger partial charge in [0.1, 0.15) is 0 Å². The van der Waals surface area contributed by atoms with E-state index in [2.05, 4.69) is 4.79 Å². The van der Waals surface area contributed by atoms with Gasteiger partial charge in [-0.25, -0.2) is 0 Å². The number of benzene rings is 1. The molecule has 4 nitrogen and oxygen atoms in total. The lowest BCUT2D eigenvalue weighted by molar-refractivity contribution is -0.115. The van der Waals surface area contributed by atoms with Crippen molar-refractivity contribution in [3.05, 3.63) is 40.4 Å². The van der Waals surface area contributed by atoms with E-state index in [0.29, 0.717) is 5.02 Å². The first-order valence-electron chi connectivity index (χ1n) is 4.09. The molecule has 0 saturated heterocycles. The van der Waals surface area contributed by atoms with Crippen LogP contribution in [0.1, 0.15) is 17.3 Å². The van der Waals surface area contributed by atoms with Crippen molar-refractivity contribution in [1.29, 1.82) is 0 Å². The van der Waals surface area contributed by atoms with Crippen molar-refractivity contribution in [1.82, 2.24) is 0 Å². The first kappa shape index (κ1) is 11.3. The van der Waals surface area contributed by atoms with E-state index in [4.69, 9.17) is 17.1 Å². The van der Waals surface area contributed by atoms with Gasteiger partial charge in [0, 0.05) is 17.5 Å². The quantitative estimate of drug-likeness (QED) is 0.257. The van der Waals surface area contributed by atoms with Crippen LogP contribution in [0.15, 0.2) is 24.3 Å². The maximum absolute atomic E-state index is 11.6. The third-order valence-corrected chi connectivity index (χ3v) is 2.01. The average molecular weight is 223 g/mol. The Bertz CT molecular complexity index is 459. The lowest BCUT2D eigenvalue weighted by atomic mass is 10.1. The molecule has 0 amide bonds. The Morgan fingerprint density at radius 1 is 1.27 bits per heavy atom. The molecule has 0 radical (unpaired) electrons. The van der Waals surface area contributed by atoms with Gasteiger partial charge >= 0.3 is 5.71 Å². The predicted molar refractivity (Wildman–Crippen MR) is 55.1 cm³/mol. The number of halogens is 1. The molecule has 5 heteroatoms. The number of Topliss-reactive ketones (excluding diaryl/α,β-unsaturated/α-hetero) is 2. The molecule has 0 aliphatic carbocycles. The van der Waals surface area contributed by atoms with Crippen LogP contribution in [0.4, 0.5) is 0 Å². The van der Waals surface area contributed by atoms with E-state index in [9.17, 15) is 9.59 Å². The summed E-state index contributed by atoms with van der Waals surface area (Å²) in [4.78, 5) is 25.2. The molecule has 0 saturated carbocycles. The molecule has 15 heavy (non-hydrogen) atoms. The van der Waals surface area contributed by atoms with Crippen LogP contribution in [0.5, 0.6) is 0 Å². The molecule has 0 spiro atoms. The van der Waals surface area contributed by atoms with Gasteiger partial charge in [0.05, 0.1) is 0 Å². The normalized spacial score (nSPS) is 9.20. The van der Waals surface area contributed by atoms with Crippen LogP contribution < -0.4 is 0 Å². The highest BCUT2D eigenvalue weighted by atomic mass is 35.5. The molecule has 0 aliphatic heterocycles. The molecule has 0 heterocycles. The fraction of sp³-hybridized carbons (Fsp3) is 0.100. The van der Waals surface area contributed by atoms with Crippen molar-refractivity contribution in [3.63, 3.8) is 0 Å². The molecule has 1 aromatic rings. The molecule has 0 N–H and O–H groups in total. The highest BCUT2D eigenvalue weighted by molar-refractivity contribution is 6.66. The summed E-state index contributed by atoms with van der Waals surface area (Å²) < 4.78 is 0. The van der Waals surface area contributed by atoms with Crippen LogP contribution in [-0.4, -0.2) is 22.1 Å². The zero-order chi connectivity index (χ0) is 11.4. The number of hydrogen-bond acceptors (Lipinski definition) is 2. The summed E-state index contributed by atoms with van der Waals surface area (Å²) in [5.74, 6) is -1.21. The minimum absolute atomic E-state index is 0.252. The first-order chi connectivity index (χ1) is 7.06. The fourth-order valence-corrected chi connectivity index (χ4v) is 1.14. The standard InChI is InChI=1S/C10H7ClN2O2/c1-6(14)9(13-12)10(15)7-2-4-8(11)5-3-7/h2-5H,1H3. The van der Waals surface area contributed by atoms with E-state index >= 15 is 0 Å². The van der Waals surface area contributed by atoms with Gasteiger partial charge in [-0.1, -0.05) is 11.6 Å². The molecule has 1 aromatic carbocycles. The number of carbonyl (C=O) groups excluding carboxylic acids is 2. The van der Waals surface area contributed by atoms with Crippen LogP contribution in [-0.2, 0) is 4.79 Å². The third kappa shape index (κ3) is 2.59. The Morgan fingerprint density at radius 2 is 1.80 bits per heavy atom. The lowest BCUT2D eigenvalue weighted by Gasteiger charge is -1.94. The Hall–Kier alpha value is -1.77. The van der Waals surface area contributed by atoms with Gasteiger partial charge in [-0.05, 0) is 24.3 Å². The zero-order valence-electron chi connectivity index (χ0n) is 7.90. The molecule has 76 valence electrons. The van der Waals surface area contributed by atoms with Gasteiger partial charge < -0.3 is 5.53 Å². The van der Waals surface area contributed by atoms with Crippen molar-refractivity contribution >= 4 is 28.9 Å². The van der Waals surface area contributed by atoms with E-state index in [0.717, 1.165) is 6.92 Å².